The molecule has 128 valence electrons. The number of hydrogen-bond donors (Lipinski definition) is 1. The Kier molecular flexibility index (Phi) is 5.59. The second-order valence-corrected chi connectivity index (χ2v) is 5.52. The number of ether oxygens (including phenoxy) is 3. The third kappa shape index (κ3) is 3.74. The monoisotopic (exact) mass is 352 g/mol. The third-order valence-corrected chi connectivity index (χ3v) is 4.13. The van der Waals surface area contributed by atoms with Gasteiger partial charge >= 0.3 is 5.00 Å². The molecule has 0 spiro atoms. The Morgan fingerprint density at radius 1 is 1.12 bits per heavy atom. The van der Waals surface area contributed by atoms with Crippen molar-refractivity contribution in [2.45, 2.75) is 6.54 Å². The molecule has 9 heteroatoms. The highest BCUT2D eigenvalue weighted by atomic mass is 32.1. The lowest BCUT2D eigenvalue weighted by Gasteiger charge is -2.14. The van der Waals surface area contributed by atoms with E-state index < -0.39 is 10.8 Å². The van der Waals surface area contributed by atoms with E-state index in [0.29, 0.717) is 22.8 Å². The minimum Gasteiger partial charge on any atom is -0.496 e. The van der Waals surface area contributed by atoms with E-state index in [1.54, 1.807) is 12.1 Å². The van der Waals surface area contributed by atoms with Crippen LogP contribution in [0.2, 0.25) is 0 Å². The molecule has 0 fully saturated rings. The van der Waals surface area contributed by atoms with E-state index in [2.05, 4.69) is 5.32 Å². The van der Waals surface area contributed by atoms with E-state index in [1.807, 2.05) is 0 Å². The van der Waals surface area contributed by atoms with Gasteiger partial charge in [-0.3, -0.25) is 14.9 Å². The minimum absolute atomic E-state index is 0.0798. The Hall–Kier alpha value is -2.81. The van der Waals surface area contributed by atoms with Crippen LogP contribution < -0.4 is 19.5 Å². The Bertz CT molecular complexity index is 758. The lowest BCUT2D eigenvalue weighted by molar-refractivity contribution is -0.380. The van der Waals surface area contributed by atoms with Gasteiger partial charge in [0, 0.05) is 29.6 Å². The molecule has 1 aromatic heterocycles. The van der Waals surface area contributed by atoms with E-state index in [4.69, 9.17) is 14.2 Å². The smallest absolute Gasteiger partial charge is 0.324 e. The summed E-state index contributed by atoms with van der Waals surface area (Å²) in [6.45, 7) is 0.173. The Morgan fingerprint density at radius 3 is 2.29 bits per heavy atom. The lowest BCUT2D eigenvalue weighted by Crippen LogP contribution is -2.22. The van der Waals surface area contributed by atoms with Gasteiger partial charge in [0.05, 0.1) is 31.8 Å². The predicted octanol–water partition coefficient (Wildman–Crippen LogP) is 2.61. The summed E-state index contributed by atoms with van der Waals surface area (Å²) >= 11 is 0.905. The van der Waals surface area contributed by atoms with Crippen LogP contribution in [0.4, 0.5) is 5.00 Å². The fourth-order valence-corrected chi connectivity index (χ4v) is 2.75. The summed E-state index contributed by atoms with van der Waals surface area (Å²) < 4.78 is 15.7. The molecule has 8 nitrogen and oxygen atoms in total. The van der Waals surface area contributed by atoms with Gasteiger partial charge in [-0.05, 0) is 6.07 Å². The van der Waals surface area contributed by atoms with E-state index in [0.717, 1.165) is 11.3 Å². The van der Waals surface area contributed by atoms with Gasteiger partial charge < -0.3 is 19.5 Å². The number of nitrogens with zero attached hydrogens (tertiary/aromatic N) is 1. The van der Waals surface area contributed by atoms with Crippen molar-refractivity contribution in [3.8, 4) is 17.2 Å². The van der Waals surface area contributed by atoms with Crippen LogP contribution in [0.25, 0.3) is 0 Å². The quantitative estimate of drug-likeness (QED) is 0.607. The van der Waals surface area contributed by atoms with Crippen molar-refractivity contribution < 1.29 is 23.9 Å². The zero-order chi connectivity index (χ0) is 17.7. The highest BCUT2D eigenvalue weighted by Crippen LogP contribution is 2.34. The van der Waals surface area contributed by atoms with Crippen molar-refractivity contribution in [2.75, 3.05) is 21.3 Å². The molecular weight excluding hydrogens is 336 g/mol. The first-order valence-corrected chi connectivity index (χ1v) is 7.68. The van der Waals surface area contributed by atoms with Crippen LogP contribution in [-0.4, -0.2) is 32.2 Å². The molecule has 24 heavy (non-hydrogen) atoms. The topological polar surface area (TPSA) is 99.9 Å². The first-order chi connectivity index (χ1) is 11.5. The molecule has 0 aliphatic carbocycles. The van der Waals surface area contributed by atoms with Crippen molar-refractivity contribution >= 4 is 22.2 Å². The zero-order valence-corrected chi connectivity index (χ0v) is 14.1. The summed E-state index contributed by atoms with van der Waals surface area (Å²) in [5, 5.41) is 14.7. The summed E-state index contributed by atoms with van der Waals surface area (Å²) in [5.74, 6) is 1.15. The molecular formula is C15H16N2O6S. The van der Waals surface area contributed by atoms with Gasteiger partial charge in [0.25, 0.3) is 5.91 Å². The molecule has 0 saturated carbocycles. The maximum Gasteiger partial charge on any atom is 0.324 e. The number of carbonyl (C=O) groups excluding carboxylic acids is 1. The van der Waals surface area contributed by atoms with E-state index in [1.165, 1.54) is 32.8 Å². The molecule has 0 radical (unpaired) electrons. The number of hydrogen-bond acceptors (Lipinski definition) is 7. The molecule has 0 saturated heterocycles. The van der Waals surface area contributed by atoms with Crippen molar-refractivity contribution in [3.63, 3.8) is 0 Å². The molecule has 2 rings (SSSR count). The second kappa shape index (κ2) is 7.64. The van der Waals surface area contributed by atoms with Gasteiger partial charge in [0.15, 0.2) is 11.5 Å². The average molecular weight is 352 g/mol. The van der Waals surface area contributed by atoms with Crippen LogP contribution in [0.5, 0.6) is 17.2 Å². The fraction of sp³-hybridized carbons (Fsp3) is 0.267. The lowest BCUT2D eigenvalue weighted by atomic mass is 10.1. The largest absolute Gasteiger partial charge is 0.496 e. The summed E-state index contributed by atoms with van der Waals surface area (Å²) in [4.78, 5) is 22.3. The molecule has 1 aromatic carbocycles. The van der Waals surface area contributed by atoms with Crippen molar-refractivity contribution in [2.24, 2.45) is 0 Å². The van der Waals surface area contributed by atoms with Gasteiger partial charge in [0.2, 0.25) is 0 Å². The predicted molar refractivity (Wildman–Crippen MR) is 88.2 cm³/mol. The highest BCUT2D eigenvalue weighted by Gasteiger charge is 2.16. The van der Waals surface area contributed by atoms with Crippen LogP contribution >= 0.6 is 11.3 Å². The van der Waals surface area contributed by atoms with Crippen LogP contribution in [-0.2, 0) is 6.54 Å². The van der Waals surface area contributed by atoms with E-state index >= 15 is 0 Å². The van der Waals surface area contributed by atoms with E-state index in [9.17, 15) is 14.9 Å². The Labute approximate surface area is 142 Å². The molecule has 1 amide bonds. The van der Waals surface area contributed by atoms with Crippen LogP contribution in [0.3, 0.4) is 0 Å². The number of rotatable bonds is 7. The molecule has 2 aromatic rings. The number of amides is 1. The first kappa shape index (κ1) is 17.5. The zero-order valence-electron chi connectivity index (χ0n) is 13.3. The average Bonchev–Trinajstić information content (AvgIpc) is 3.09. The maximum absolute atomic E-state index is 12.1. The van der Waals surface area contributed by atoms with Gasteiger partial charge in [-0.25, -0.2) is 0 Å². The summed E-state index contributed by atoms with van der Waals surface area (Å²) in [5.41, 5.74) is 0.930. The minimum atomic E-state index is -0.529. The van der Waals surface area contributed by atoms with Gasteiger partial charge in [-0.2, -0.15) is 0 Å². The summed E-state index contributed by atoms with van der Waals surface area (Å²) in [6.07, 6.45) is 0. The Balaban J connectivity index is 2.15. The standard InChI is InChI=1S/C15H16N2O6S/c1-21-11-6-13(23-3)12(22-2)4-9(11)7-16-15(18)10-5-14(17(19)20)24-8-10/h4-6,8H,7H2,1-3H3,(H,16,18). The number of carbonyl (C=O) groups is 1. The van der Waals surface area contributed by atoms with Crippen molar-refractivity contribution in [3.05, 3.63) is 44.8 Å². The normalized spacial score (nSPS) is 10.1. The maximum atomic E-state index is 12.1. The fourth-order valence-electron chi connectivity index (χ4n) is 2.05. The van der Waals surface area contributed by atoms with E-state index in [-0.39, 0.29) is 17.1 Å². The van der Waals surface area contributed by atoms with Gasteiger partial charge in [-0.15, -0.1) is 0 Å². The molecule has 1 N–H and O–H groups in total. The third-order valence-electron chi connectivity index (χ3n) is 3.25. The highest BCUT2D eigenvalue weighted by molar-refractivity contribution is 7.13. The van der Waals surface area contributed by atoms with Gasteiger partial charge in [0.1, 0.15) is 5.75 Å². The van der Waals surface area contributed by atoms with Crippen LogP contribution in [0, 0.1) is 10.1 Å². The SMILES string of the molecule is COc1cc(OC)c(OC)cc1CNC(=O)c1csc([N+](=O)[O-])c1. The molecule has 0 atom stereocenters. The van der Waals surface area contributed by atoms with Crippen LogP contribution in [0.15, 0.2) is 23.6 Å². The Morgan fingerprint density at radius 2 is 1.75 bits per heavy atom. The number of methoxy groups -OCH3 is 3. The van der Waals surface area contributed by atoms with Crippen molar-refractivity contribution in [1.82, 2.24) is 5.32 Å². The molecule has 0 aliphatic rings. The molecule has 0 aliphatic heterocycles. The van der Waals surface area contributed by atoms with Crippen molar-refractivity contribution in [1.29, 1.82) is 0 Å². The molecule has 0 bridgehead atoms. The molecule has 0 unspecified atom stereocenters. The first-order valence-electron chi connectivity index (χ1n) is 6.80. The summed E-state index contributed by atoms with van der Waals surface area (Å²) in [6, 6.07) is 4.61. The van der Waals surface area contributed by atoms with Crippen LogP contribution in [0.1, 0.15) is 15.9 Å². The number of benzene rings is 1. The molecule has 1 heterocycles. The number of nitrogens with one attached hydrogen (secondary N) is 1. The number of thiophene rings is 1. The number of nitro groups is 1. The van der Waals surface area contributed by atoms with Gasteiger partial charge in [-0.1, -0.05) is 11.3 Å². The second-order valence-electron chi connectivity index (χ2n) is 4.63. The summed E-state index contributed by atoms with van der Waals surface area (Å²) in [7, 11) is 4.54.